The van der Waals surface area contributed by atoms with Crippen LogP contribution in [0.2, 0.25) is 0 Å². The van der Waals surface area contributed by atoms with Gasteiger partial charge in [-0.05, 0) is 32.9 Å². The third-order valence-electron chi connectivity index (χ3n) is 2.38. The summed E-state index contributed by atoms with van der Waals surface area (Å²) in [6.07, 6.45) is 0. The molecule has 0 atom stereocenters. The van der Waals surface area contributed by atoms with E-state index in [1.165, 1.54) is 6.92 Å². The van der Waals surface area contributed by atoms with E-state index in [9.17, 15) is 9.18 Å². The van der Waals surface area contributed by atoms with Crippen molar-refractivity contribution in [1.29, 1.82) is 0 Å². The molecule has 0 fully saturated rings. The molecule has 4 nitrogen and oxygen atoms in total. The summed E-state index contributed by atoms with van der Waals surface area (Å²) in [5.41, 5.74) is 1.72. The first-order chi connectivity index (χ1) is 7.97. The summed E-state index contributed by atoms with van der Waals surface area (Å²) in [6, 6.07) is 3.59. The van der Waals surface area contributed by atoms with Gasteiger partial charge in [0.15, 0.2) is 0 Å². The molecule has 0 aliphatic carbocycles. The lowest BCUT2D eigenvalue weighted by Crippen LogP contribution is -2.15. The van der Waals surface area contributed by atoms with E-state index in [0.29, 0.717) is 5.82 Å². The van der Waals surface area contributed by atoms with Crippen LogP contribution in [0.25, 0.3) is 11.4 Å². The first kappa shape index (κ1) is 11.4. The molecule has 2 aromatic heterocycles. The average Bonchev–Trinajstić information content (AvgIpc) is 2.23. The lowest BCUT2D eigenvalue weighted by atomic mass is 10.2. The van der Waals surface area contributed by atoms with E-state index in [1.807, 2.05) is 13.8 Å². The summed E-state index contributed by atoms with van der Waals surface area (Å²) in [5, 5.41) is 0. The fourth-order valence-electron chi connectivity index (χ4n) is 1.68. The second-order valence-corrected chi connectivity index (χ2v) is 3.95. The van der Waals surface area contributed by atoms with Crippen molar-refractivity contribution in [2.24, 2.45) is 0 Å². The molecule has 1 N–H and O–H groups in total. The Morgan fingerprint density at radius 1 is 1.12 bits per heavy atom. The van der Waals surface area contributed by atoms with Crippen LogP contribution in [0.15, 0.2) is 16.9 Å². The molecule has 0 bridgehead atoms. The van der Waals surface area contributed by atoms with Crippen LogP contribution < -0.4 is 5.56 Å². The number of aromatic nitrogens is 3. The Balaban J connectivity index is 2.65. The van der Waals surface area contributed by atoms with Crippen LogP contribution in [-0.4, -0.2) is 15.0 Å². The molecule has 0 radical (unpaired) electrons. The van der Waals surface area contributed by atoms with Crippen molar-refractivity contribution in [1.82, 2.24) is 15.0 Å². The van der Waals surface area contributed by atoms with Crippen molar-refractivity contribution in [2.45, 2.75) is 20.8 Å². The second-order valence-electron chi connectivity index (χ2n) is 3.95. The van der Waals surface area contributed by atoms with Crippen LogP contribution in [-0.2, 0) is 0 Å². The third kappa shape index (κ3) is 2.22. The van der Waals surface area contributed by atoms with E-state index in [4.69, 9.17) is 0 Å². The van der Waals surface area contributed by atoms with Gasteiger partial charge in [0.25, 0.3) is 5.56 Å². The quantitative estimate of drug-likeness (QED) is 0.818. The molecule has 17 heavy (non-hydrogen) atoms. The number of nitrogens with zero attached hydrogens (tertiary/aromatic N) is 2. The highest BCUT2D eigenvalue weighted by atomic mass is 19.1. The Morgan fingerprint density at radius 2 is 1.71 bits per heavy atom. The van der Waals surface area contributed by atoms with Gasteiger partial charge in [-0.1, -0.05) is 0 Å². The van der Waals surface area contributed by atoms with E-state index >= 15 is 0 Å². The van der Waals surface area contributed by atoms with Crippen LogP contribution in [0.1, 0.15) is 17.1 Å². The molecule has 2 heterocycles. The zero-order valence-corrected chi connectivity index (χ0v) is 9.84. The van der Waals surface area contributed by atoms with Crippen LogP contribution in [0, 0.1) is 26.6 Å². The molecule has 0 amide bonds. The van der Waals surface area contributed by atoms with Gasteiger partial charge < -0.3 is 4.98 Å². The SMILES string of the molecule is Cc1cc(-c2nc(C)c(F)c(=O)[nH]2)cc(C)n1. The number of H-pyrrole nitrogens is 1. The predicted octanol–water partition coefficient (Wildman–Crippen LogP) is 1.90. The van der Waals surface area contributed by atoms with Crippen molar-refractivity contribution in [3.05, 3.63) is 45.4 Å². The van der Waals surface area contributed by atoms with Gasteiger partial charge in [0.2, 0.25) is 5.82 Å². The molecular weight excluding hydrogens is 221 g/mol. The molecule has 2 aromatic rings. The molecule has 0 aromatic carbocycles. The van der Waals surface area contributed by atoms with E-state index in [2.05, 4.69) is 15.0 Å². The number of nitrogens with one attached hydrogen (secondary N) is 1. The van der Waals surface area contributed by atoms with Crippen molar-refractivity contribution in [2.75, 3.05) is 0 Å². The van der Waals surface area contributed by atoms with Gasteiger partial charge in [-0.2, -0.15) is 4.39 Å². The fourth-order valence-corrected chi connectivity index (χ4v) is 1.68. The summed E-state index contributed by atoms with van der Waals surface area (Å²) >= 11 is 0. The Labute approximate surface area is 97.6 Å². The Kier molecular flexibility index (Phi) is 2.75. The Hall–Kier alpha value is -2.04. The molecule has 0 saturated heterocycles. The van der Waals surface area contributed by atoms with E-state index < -0.39 is 11.4 Å². The standard InChI is InChI=1S/C12H12FN3O/c1-6-4-9(5-7(2)14-6)11-15-8(3)10(13)12(17)16-11/h4-5H,1-3H3,(H,15,16,17). The molecule has 2 rings (SSSR count). The minimum Gasteiger partial charge on any atom is -0.304 e. The highest BCUT2D eigenvalue weighted by molar-refractivity contribution is 5.55. The van der Waals surface area contributed by atoms with E-state index in [0.717, 1.165) is 17.0 Å². The van der Waals surface area contributed by atoms with Gasteiger partial charge in [0.1, 0.15) is 5.82 Å². The largest absolute Gasteiger partial charge is 0.304 e. The number of halogens is 1. The zero-order valence-electron chi connectivity index (χ0n) is 9.84. The summed E-state index contributed by atoms with van der Waals surface area (Å²) < 4.78 is 13.2. The summed E-state index contributed by atoms with van der Waals surface area (Å²) in [5.74, 6) is -0.473. The smallest absolute Gasteiger partial charge is 0.287 e. The molecule has 5 heteroatoms. The third-order valence-corrected chi connectivity index (χ3v) is 2.38. The van der Waals surface area contributed by atoms with Crippen molar-refractivity contribution in [3.63, 3.8) is 0 Å². The molecule has 88 valence electrons. The molecule has 0 aliphatic heterocycles. The minimum absolute atomic E-state index is 0.0934. The monoisotopic (exact) mass is 233 g/mol. The van der Waals surface area contributed by atoms with Gasteiger partial charge in [-0.15, -0.1) is 0 Å². The summed E-state index contributed by atoms with van der Waals surface area (Å²) in [4.78, 5) is 22.0. The molecule has 0 unspecified atom stereocenters. The maximum Gasteiger partial charge on any atom is 0.287 e. The lowest BCUT2D eigenvalue weighted by molar-refractivity contribution is 0.589. The molecule has 0 aliphatic rings. The van der Waals surface area contributed by atoms with Crippen LogP contribution >= 0.6 is 0 Å². The van der Waals surface area contributed by atoms with Gasteiger partial charge in [-0.25, -0.2) is 4.98 Å². The van der Waals surface area contributed by atoms with Crippen molar-refractivity contribution < 1.29 is 4.39 Å². The van der Waals surface area contributed by atoms with Crippen LogP contribution in [0.3, 0.4) is 0 Å². The zero-order chi connectivity index (χ0) is 12.6. The van der Waals surface area contributed by atoms with Crippen molar-refractivity contribution in [3.8, 4) is 11.4 Å². The normalized spacial score (nSPS) is 10.6. The van der Waals surface area contributed by atoms with Crippen LogP contribution in [0.4, 0.5) is 4.39 Å². The second kappa shape index (κ2) is 4.08. The predicted molar refractivity (Wildman–Crippen MR) is 62.3 cm³/mol. The average molecular weight is 233 g/mol. The fraction of sp³-hybridized carbons (Fsp3) is 0.250. The Bertz CT molecular complexity index is 614. The van der Waals surface area contributed by atoms with Gasteiger partial charge >= 0.3 is 0 Å². The van der Waals surface area contributed by atoms with E-state index in [1.54, 1.807) is 12.1 Å². The number of pyridine rings is 1. The van der Waals surface area contributed by atoms with Gasteiger partial charge in [0.05, 0.1) is 5.69 Å². The number of aromatic amines is 1. The highest BCUT2D eigenvalue weighted by Gasteiger charge is 2.09. The van der Waals surface area contributed by atoms with E-state index in [-0.39, 0.29) is 5.69 Å². The number of aryl methyl sites for hydroxylation is 3. The first-order valence-electron chi connectivity index (χ1n) is 5.19. The van der Waals surface area contributed by atoms with Gasteiger partial charge in [0, 0.05) is 17.0 Å². The number of rotatable bonds is 1. The lowest BCUT2D eigenvalue weighted by Gasteiger charge is -2.05. The van der Waals surface area contributed by atoms with Crippen molar-refractivity contribution >= 4 is 0 Å². The Morgan fingerprint density at radius 3 is 2.24 bits per heavy atom. The number of hydrogen-bond donors (Lipinski definition) is 1. The summed E-state index contributed by atoms with van der Waals surface area (Å²) in [7, 11) is 0. The maximum absolute atomic E-state index is 13.2. The maximum atomic E-state index is 13.2. The topological polar surface area (TPSA) is 58.6 Å². The highest BCUT2D eigenvalue weighted by Crippen LogP contribution is 2.16. The van der Waals surface area contributed by atoms with Gasteiger partial charge in [-0.3, -0.25) is 9.78 Å². The molecule has 0 spiro atoms. The molecular formula is C12H12FN3O. The number of hydrogen-bond acceptors (Lipinski definition) is 3. The summed E-state index contributed by atoms with van der Waals surface area (Å²) in [6.45, 7) is 5.17. The minimum atomic E-state index is -0.837. The molecule has 0 saturated carbocycles. The van der Waals surface area contributed by atoms with Crippen LogP contribution in [0.5, 0.6) is 0 Å². The first-order valence-corrected chi connectivity index (χ1v) is 5.19.